The molecule has 1 aliphatic rings. The number of rotatable bonds is 5. The van der Waals surface area contributed by atoms with E-state index in [1.165, 1.54) is 0 Å². The maximum absolute atomic E-state index is 12.7. The van der Waals surface area contributed by atoms with E-state index in [1.54, 1.807) is 23.1 Å². The minimum Gasteiger partial charge on any atom is -0.478 e. The number of carboxylic acid groups (broad SMARTS) is 1. The first-order valence-electron chi connectivity index (χ1n) is 7.99. The molecule has 0 saturated carbocycles. The molecule has 1 atom stereocenters. The first-order chi connectivity index (χ1) is 11.6. The molecule has 0 aliphatic carbocycles. The van der Waals surface area contributed by atoms with Gasteiger partial charge in [-0.2, -0.15) is 0 Å². The summed E-state index contributed by atoms with van der Waals surface area (Å²) in [6.07, 6.45) is 0. The van der Waals surface area contributed by atoms with Crippen molar-refractivity contribution in [3.05, 3.63) is 71.3 Å². The molecular weight excluding hydrogens is 304 g/mol. The standard InChI is InChI=1S/C19H20N2O3/c1-14(16-7-3-2-4-8-16)21-11-10-20(19(21)24)13-15-6-5-9-17(12-15)18(22)23/h2-9,12,14H,10-11,13H2,1H3,(H,22,23)/t14-/m0/s1. The van der Waals surface area contributed by atoms with Crippen molar-refractivity contribution in [3.8, 4) is 0 Å². The van der Waals surface area contributed by atoms with E-state index >= 15 is 0 Å². The minimum absolute atomic E-state index is 0.00733. The van der Waals surface area contributed by atoms with E-state index in [0.29, 0.717) is 19.6 Å². The van der Waals surface area contributed by atoms with Crippen LogP contribution in [0, 0.1) is 0 Å². The number of hydrogen-bond donors (Lipinski definition) is 1. The third-order valence-electron chi connectivity index (χ3n) is 4.42. The predicted octanol–water partition coefficient (Wildman–Crippen LogP) is 3.38. The maximum atomic E-state index is 12.7. The van der Waals surface area contributed by atoms with E-state index < -0.39 is 5.97 Å². The summed E-state index contributed by atoms with van der Waals surface area (Å²) in [5.41, 5.74) is 2.19. The van der Waals surface area contributed by atoms with Gasteiger partial charge in [0.05, 0.1) is 11.6 Å². The topological polar surface area (TPSA) is 60.9 Å². The Labute approximate surface area is 141 Å². The number of carbonyl (C=O) groups excluding carboxylic acids is 1. The van der Waals surface area contributed by atoms with Crippen molar-refractivity contribution >= 4 is 12.0 Å². The van der Waals surface area contributed by atoms with Crippen molar-refractivity contribution in [2.45, 2.75) is 19.5 Å². The number of amides is 2. The van der Waals surface area contributed by atoms with Crippen LogP contribution >= 0.6 is 0 Å². The summed E-state index contributed by atoms with van der Waals surface area (Å²) in [7, 11) is 0. The molecule has 2 aromatic carbocycles. The van der Waals surface area contributed by atoms with Crippen LogP contribution < -0.4 is 0 Å². The van der Waals surface area contributed by atoms with E-state index in [1.807, 2.05) is 48.2 Å². The second kappa shape index (κ2) is 6.74. The van der Waals surface area contributed by atoms with Gasteiger partial charge in [0.25, 0.3) is 0 Å². The number of nitrogens with zero attached hydrogens (tertiary/aromatic N) is 2. The first kappa shape index (κ1) is 16.1. The average Bonchev–Trinajstić information content (AvgIpc) is 2.96. The van der Waals surface area contributed by atoms with Crippen LogP contribution in [0.5, 0.6) is 0 Å². The fourth-order valence-corrected chi connectivity index (χ4v) is 3.04. The highest BCUT2D eigenvalue weighted by Crippen LogP contribution is 2.25. The van der Waals surface area contributed by atoms with Crippen LogP contribution in [0.25, 0.3) is 0 Å². The summed E-state index contributed by atoms with van der Waals surface area (Å²) in [6.45, 7) is 3.78. The molecule has 1 fully saturated rings. The third-order valence-corrected chi connectivity index (χ3v) is 4.42. The van der Waals surface area contributed by atoms with Crippen molar-refractivity contribution in [2.75, 3.05) is 13.1 Å². The summed E-state index contributed by atoms with van der Waals surface area (Å²) in [6, 6.07) is 16.7. The molecule has 1 saturated heterocycles. The van der Waals surface area contributed by atoms with Crippen molar-refractivity contribution in [2.24, 2.45) is 0 Å². The average molecular weight is 324 g/mol. The molecule has 1 heterocycles. The van der Waals surface area contributed by atoms with E-state index in [0.717, 1.165) is 11.1 Å². The summed E-state index contributed by atoms with van der Waals surface area (Å²) < 4.78 is 0. The first-order valence-corrected chi connectivity index (χ1v) is 7.99. The van der Waals surface area contributed by atoms with E-state index in [4.69, 9.17) is 5.11 Å². The number of hydrogen-bond acceptors (Lipinski definition) is 2. The highest BCUT2D eigenvalue weighted by atomic mass is 16.4. The normalized spacial score (nSPS) is 15.6. The lowest BCUT2D eigenvalue weighted by Crippen LogP contribution is -2.33. The largest absolute Gasteiger partial charge is 0.478 e. The number of carbonyl (C=O) groups is 2. The van der Waals surface area contributed by atoms with Gasteiger partial charge in [0.15, 0.2) is 0 Å². The molecule has 5 heteroatoms. The second-order valence-electron chi connectivity index (χ2n) is 5.99. The molecule has 24 heavy (non-hydrogen) atoms. The van der Waals surface area contributed by atoms with Crippen LogP contribution in [0.4, 0.5) is 4.79 Å². The number of aromatic carboxylic acids is 1. The van der Waals surface area contributed by atoms with Crippen LogP contribution in [0.15, 0.2) is 54.6 Å². The lowest BCUT2D eigenvalue weighted by Gasteiger charge is -2.25. The summed E-state index contributed by atoms with van der Waals surface area (Å²) in [5.74, 6) is -0.955. The Kier molecular flexibility index (Phi) is 4.51. The Morgan fingerprint density at radius 1 is 1.12 bits per heavy atom. The smallest absolute Gasteiger partial charge is 0.335 e. The van der Waals surface area contributed by atoms with Crippen molar-refractivity contribution < 1.29 is 14.7 Å². The van der Waals surface area contributed by atoms with Crippen molar-refractivity contribution in [1.29, 1.82) is 0 Å². The van der Waals surface area contributed by atoms with Crippen molar-refractivity contribution in [3.63, 3.8) is 0 Å². The highest BCUT2D eigenvalue weighted by Gasteiger charge is 2.32. The molecule has 3 rings (SSSR count). The third kappa shape index (κ3) is 3.25. The molecule has 0 spiro atoms. The minimum atomic E-state index is -0.955. The maximum Gasteiger partial charge on any atom is 0.335 e. The Balaban J connectivity index is 1.70. The zero-order valence-electron chi connectivity index (χ0n) is 13.6. The van der Waals surface area contributed by atoms with Gasteiger partial charge < -0.3 is 14.9 Å². The molecule has 124 valence electrons. The van der Waals surface area contributed by atoms with Gasteiger partial charge in [-0.05, 0) is 30.2 Å². The summed E-state index contributed by atoms with van der Waals surface area (Å²) >= 11 is 0. The molecule has 1 N–H and O–H groups in total. The monoisotopic (exact) mass is 324 g/mol. The van der Waals surface area contributed by atoms with Crippen LogP contribution in [0.3, 0.4) is 0 Å². The highest BCUT2D eigenvalue weighted by molar-refractivity contribution is 5.87. The lowest BCUT2D eigenvalue weighted by molar-refractivity contribution is 0.0696. The van der Waals surface area contributed by atoms with Crippen LogP contribution in [-0.2, 0) is 6.54 Å². The molecule has 2 amide bonds. The van der Waals surface area contributed by atoms with Crippen LogP contribution in [0.2, 0.25) is 0 Å². The molecule has 0 radical (unpaired) electrons. The van der Waals surface area contributed by atoms with Crippen LogP contribution in [-0.4, -0.2) is 40.0 Å². The van der Waals surface area contributed by atoms with Gasteiger partial charge in [-0.3, -0.25) is 0 Å². The Morgan fingerprint density at radius 2 is 1.88 bits per heavy atom. The quantitative estimate of drug-likeness (QED) is 0.917. The Hall–Kier alpha value is -2.82. The molecule has 1 aliphatic heterocycles. The van der Waals surface area contributed by atoms with Gasteiger partial charge >= 0.3 is 12.0 Å². The fourth-order valence-electron chi connectivity index (χ4n) is 3.04. The molecule has 0 unspecified atom stereocenters. The summed E-state index contributed by atoms with van der Waals surface area (Å²) in [4.78, 5) is 27.4. The zero-order chi connectivity index (χ0) is 17.1. The van der Waals surface area contributed by atoms with Gasteiger partial charge in [0, 0.05) is 19.6 Å². The van der Waals surface area contributed by atoms with Gasteiger partial charge in [-0.1, -0.05) is 42.5 Å². The number of urea groups is 1. The Bertz CT molecular complexity index is 745. The van der Waals surface area contributed by atoms with E-state index in [9.17, 15) is 9.59 Å². The van der Waals surface area contributed by atoms with Crippen molar-refractivity contribution in [1.82, 2.24) is 9.80 Å². The van der Waals surface area contributed by atoms with E-state index in [2.05, 4.69) is 0 Å². The molecule has 2 aromatic rings. The zero-order valence-corrected chi connectivity index (χ0v) is 13.6. The predicted molar refractivity (Wildman–Crippen MR) is 90.8 cm³/mol. The molecule has 0 aromatic heterocycles. The lowest BCUT2D eigenvalue weighted by atomic mass is 10.1. The number of carboxylic acids is 1. The van der Waals surface area contributed by atoms with Gasteiger partial charge in [-0.25, -0.2) is 9.59 Å². The molecule has 0 bridgehead atoms. The molecular formula is C19H20N2O3. The SMILES string of the molecule is C[C@@H](c1ccccc1)N1CCN(Cc2cccc(C(=O)O)c2)C1=O. The molecule has 5 nitrogen and oxygen atoms in total. The van der Waals surface area contributed by atoms with Gasteiger partial charge in [-0.15, -0.1) is 0 Å². The number of benzene rings is 2. The van der Waals surface area contributed by atoms with Crippen LogP contribution in [0.1, 0.15) is 34.5 Å². The van der Waals surface area contributed by atoms with Gasteiger partial charge in [0.2, 0.25) is 0 Å². The van der Waals surface area contributed by atoms with E-state index in [-0.39, 0.29) is 17.6 Å². The van der Waals surface area contributed by atoms with Gasteiger partial charge in [0.1, 0.15) is 0 Å². The Morgan fingerprint density at radius 3 is 2.58 bits per heavy atom. The fraction of sp³-hybridized carbons (Fsp3) is 0.263. The summed E-state index contributed by atoms with van der Waals surface area (Å²) in [5, 5.41) is 9.07. The second-order valence-corrected chi connectivity index (χ2v) is 5.99.